The minimum atomic E-state index is 0. The van der Waals surface area contributed by atoms with Gasteiger partial charge >= 0.3 is 0 Å². The molecule has 0 radical (unpaired) electrons. The first-order chi connectivity index (χ1) is 12.6. The summed E-state index contributed by atoms with van der Waals surface area (Å²) in [4.78, 5) is 18.6. The molecule has 0 saturated carbocycles. The molecule has 3 N–H and O–H groups in total. The summed E-state index contributed by atoms with van der Waals surface area (Å²) in [5.74, 6) is 1.00. The van der Waals surface area contributed by atoms with Gasteiger partial charge in [0, 0.05) is 50.7 Å². The number of nitrogens with one attached hydrogen (secondary N) is 3. The van der Waals surface area contributed by atoms with Gasteiger partial charge in [0.1, 0.15) is 0 Å². The molecule has 0 aliphatic carbocycles. The van der Waals surface area contributed by atoms with Gasteiger partial charge < -0.3 is 20.7 Å². The number of hydrogen-bond donors (Lipinski definition) is 3. The SMILES string of the molecule is CCNC(=NCC1(SC)CCOCC1)NC1CCN(CC(=O)NC)CC1.I. The highest BCUT2D eigenvalue weighted by Gasteiger charge is 2.31. The maximum Gasteiger partial charge on any atom is 0.233 e. The van der Waals surface area contributed by atoms with Crippen LogP contribution in [0.5, 0.6) is 0 Å². The number of likely N-dealkylation sites (tertiary alicyclic amines) is 1. The monoisotopic (exact) mass is 513 g/mol. The topological polar surface area (TPSA) is 78.0 Å². The quantitative estimate of drug-likeness (QED) is 0.271. The summed E-state index contributed by atoms with van der Waals surface area (Å²) < 4.78 is 5.73. The Labute approximate surface area is 185 Å². The summed E-state index contributed by atoms with van der Waals surface area (Å²) in [6.45, 7) is 7.83. The Hall–Kier alpha value is -0.260. The number of halogens is 1. The summed E-state index contributed by atoms with van der Waals surface area (Å²) in [6.07, 6.45) is 6.37. The lowest BCUT2D eigenvalue weighted by atomic mass is 9.99. The van der Waals surface area contributed by atoms with Crippen molar-refractivity contribution in [2.24, 2.45) is 4.99 Å². The average Bonchev–Trinajstić information content (AvgIpc) is 2.68. The summed E-state index contributed by atoms with van der Waals surface area (Å²) >= 11 is 1.92. The Kier molecular flexibility index (Phi) is 12.0. The van der Waals surface area contributed by atoms with Crippen molar-refractivity contribution in [1.29, 1.82) is 0 Å². The number of rotatable bonds is 7. The highest BCUT2D eigenvalue weighted by molar-refractivity contribution is 14.0. The first-order valence-corrected chi connectivity index (χ1v) is 10.9. The number of likely N-dealkylation sites (N-methyl/N-ethyl adjacent to an activating group) is 1. The van der Waals surface area contributed by atoms with E-state index in [1.165, 1.54) is 0 Å². The number of piperidine rings is 1. The molecule has 9 heteroatoms. The number of guanidine groups is 1. The van der Waals surface area contributed by atoms with Gasteiger partial charge in [-0.25, -0.2) is 0 Å². The fourth-order valence-electron chi connectivity index (χ4n) is 3.42. The third kappa shape index (κ3) is 8.33. The minimum absolute atomic E-state index is 0. The number of carbonyl (C=O) groups is 1. The first kappa shape index (κ1) is 24.8. The van der Waals surface area contributed by atoms with Crippen molar-refractivity contribution >= 4 is 47.6 Å². The van der Waals surface area contributed by atoms with Crippen LogP contribution in [0.25, 0.3) is 0 Å². The third-order valence-corrected chi connectivity index (χ3v) is 6.68. The molecule has 0 bridgehead atoms. The zero-order valence-electron chi connectivity index (χ0n) is 16.9. The van der Waals surface area contributed by atoms with E-state index in [0.29, 0.717) is 12.6 Å². The van der Waals surface area contributed by atoms with Crippen molar-refractivity contribution in [2.75, 3.05) is 59.2 Å². The van der Waals surface area contributed by atoms with E-state index >= 15 is 0 Å². The lowest BCUT2D eigenvalue weighted by Crippen LogP contribution is -2.50. The van der Waals surface area contributed by atoms with Crippen LogP contribution >= 0.6 is 35.7 Å². The molecule has 0 atom stereocenters. The number of ether oxygens (including phenoxy) is 1. The van der Waals surface area contributed by atoms with Crippen LogP contribution in [0.15, 0.2) is 4.99 Å². The molecular formula is C18H36IN5O2S. The molecule has 7 nitrogen and oxygen atoms in total. The molecule has 0 aromatic carbocycles. The Bertz CT molecular complexity index is 467. The molecule has 27 heavy (non-hydrogen) atoms. The fraction of sp³-hybridized carbons (Fsp3) is 0.889. The number of carbonyl (C=O) groups excluding carboxylic acids is 1. The fourth-order valence-corrected chi connectivity index (χ4v) is 4.19. The normalized spacial score (nSPS) is 21.2. The standard InChI is InChI=1S/C18H35N5O2S.HI/c1-4-20-17(21-14-18(26-3)7-11-25-12-8-18)22-15-5-9-23(10-6-15)13-16(24)19-2;/h15H,4-14H2,1-3H3,(H,19,24)(H2,20,21,22);1H. The van der Waals surface area contributed by atoms with Gasteiger partial charge in [-0.1, -0.05) is 0 Å². The van der Waals surface area contributed by atoms with Gasteiger partial charge in [-0.15, -0.1) is 24.0 Å². The molecule has 0 aromatic rings. The van der Waals surface area contributed by atoms with Crippen LogP contribution in [0.4, 0.5) is 0 Å². The molecule has 158 valence electrons. The zero-order chi connectivity index (χ0) is 18.8. The predicted octanol–water partition coefficient (Wildman–Crippen LogP) is 1.28. The molecule has 2 fully saturated rings. The molecule has 2 heterocycles. The number of thioether (sulfide) groups is 1. The van der Waals surface area contributed by atoms with Crippen molar-refractivity contribution in [2.45, 2.75) is 43.4 Å². The van der Waals surface area contributed by atoms with E-state index in [0.717, 1.165) is 71.0 Å². The Morgan fingerprint density at radius 1 is 1.30 bits per heavy atom. The maximum absolute atomic E-state index is 11.5. The zero-order valence-corrected chi connectivity index (χ0v) is 20.0. The molecule has 0 spiro atoms. The van der Waals surface area contributed by atoms with E-state index in [1.54, 1.807) is 7.05 Å². The molecule has 2 aliphatic rings. The van der Waals surface area contributed by atoms with E-state index in [4.69, 9.17) is 9.73 Å². The van der Waals surface area contributed by atoms with Gasteiger partial charge in [0.15, 0.2) is 5.96 Å². The Balaban J connectivity index is 0.00000364. The largest absolute Gasteiger partial charge is 0.381 e. The van der Waals surface area contributed by atoms with Crippen LogP contribution in [0, 0.1) is 0 Å². The van der Waals surface area contributed by atoms with Crippen molar-refractivity contribution in [3.05, 3.63) is 0 Å². The molecule has 2 saturated heterocycles. The molecular weight excluding hydrogens is 477 g/mol. The van der Waals surface area contributed by atoms with E-state index in [-0.39, 0.29) is 34.6 Å². The van der Waals surface area contributed by atoms with Gasteiger partial charge in [-0.3, -0.25) is 14.7 Å². The van der Waals surface area contributed by atoms with Crippen LogP contribution in [-0.4, -0.2) is 86.8 Å². The molecule has 0 aromatic heterocycles. The van der Waals surface area contributed by atoms with Gasteiger partial charge in [0.05, 0.1) is 13.1 Å². The maximum atomic E-state index is 11.5. The van der Waals surface area contributed by atoms with Crippen LogP contribution in [-0.2, 0) is 9.53 Å². The summed E-state index contributed by atoms with van der Waals surface area (Å²) in [7, 11) is 1.69. The first-order valence-electron chi connectivity index (χ1n) is 9.71. The van der Waals surface area contributed by atoms with Gasteiger partial charge in [-0.2, -0.15) is 11.8 Å². The van der Waals surface area contributed by atoms with Gasteiger partial charge in [0.25, 0.3) is 0 Å². The molecule has 1 amide bonds. The van der Waals surface area contributed by atoms with Crippen molar-refractivity contribution < 1.29 is 9.53 Å². The highest BCUT2D eigenvalue weighted by atomic mass is 127. The summed E-state index contributed by atoms with van der Waals surface area (Å²) in [6, 6.07) is 0.411. The van der Waals surface area contributed by atoms with Gasteiger partial charge in [0.2, 0.25) is 5.91 Å². The van der Waals surface area contributed by atoms with Crippen LogP contribution < -0.4 is 16.0 Å². The molecule has 2 rings (SSSR count). The second-order valence-electron chi connectivity index (χ2n) is 7.06. The van der Waals surface area contributed by atoms with E-state index in [1.807, 2.05) is 11.8 Å². The Morgan fingerprint density at radius 2 is 1.96 bits per heavy atom. The predicted molar refractivity (Wildman–Crippen MR) is 124 cm³/mol. The van der Waals surface area contributed by atoms with Crippen molar-refractivity contribution in [3.8, 4) is 0 Å². The average molecular weight is 513 g/mol. The number of amides is 1. The van der Waals surface area contributed by atoms with Crippen molar-refractivity contribution in [3.63, 3.8) is 0 Å². The third-order valence-electron chi connectivity index (χ3n) is 5.28. The lowest BCUT2D eigenvalue weighted by Gasteiger charge is -2.35. The summed E-state index contributed by atoms with van der Waals surface area (Å²) in [5, 5.41) is 9.67. The molecule has 2 aliphatic heterocycles. The Morgan fingerprint density at radius 3 is 2.52 bits per heavy atom. The smallest absolute Gasteiger partial charge is 0.233 e. The summed E-state index contributed by atoms with van der Waals surface area (Å²) in [5.41, 5.74) is 0. The second kappa shape index (κ2) is 13.1. The number of nitrogens with zero attached hydrogens (tertiary/aromatic N) is 2. The van der Waals surface area contributed by atoms with Crippen molar-refractivity contribution in [1.82, 2.24) is 20.9 Å². The van der Waals surface area contributed by atoms with Gasteiger partial charge in [-0.05, 0) is 38.9 Å². The molecule has 0 unspecified atom stereocenters. The van der Waals surface area contributed by atoms with Crippen LogP contribution in [0.2, 0.25) is 0 Å². The van der Waals surface area contributed by atoms with Crippen LogP contribution in [0.1, 0.15) is 32.6 Å². The lowest BCUT2D eigenvalue weighted by molar-refractivity contribution is -0.122. The highest BCUT2D eigenvalue weighted by Crippen LogP contribution is 2.34. The number of hydrogen-bond acceptors (Lipinski definition) is 5. The van der Waals surface area contributed by atoms with E-state index in [2.05, 4.69) is 34.0 Å². The minimum Gasteiger partial charge on any atom is -0.381 e. The second-order valence-corrected chi connectivity index (χ2v) is 8.34. The number of aliphatic imine (C=N–C) groups is 1. The van der Waals surface area contributed by atoms with Crippen LogP contribution in [0.3, 0.4) is 0 Å². The van der Waals surface area contributed by atoms with E-state index < -0.39 is 0 Å². The van der Waals surface area contributed by atoms with E-state index in [9.17, 15) is 4.79 Å².